The maximum absolute atomic E-state index is 2.51. The SMILES string of the molecule is c1ccc(N(c2ccccc2)c2ccc3c(c2)c2ccc(N(c4ccccc4)c4ccccc4)cc2c2cc4c5ccc(N(c6ccccc6)c6ccccc6)cc5c5ccc(N(c6ccccc6)c6ccccc6)cc5c4cc32)cc1. The lowest BCUT2D eigenvalue weighted by Crippen LogP contribution is -2.10. The lowest BCUT2D eigenvalue weighted by atomic mass is 9.87. The molecule has 4 nitrogen and oxygen atoms in total. The highest BCUT2D eigenvalue weighted by atomic mass is 15.2. The van der Waals surface area contributed by atoms with Crippen LogP contribution in [0.4, 0.5) is 68.2 Å². The molecule has 0 saturated carbocycles. The van der Waals surface area contributed by atoms with E-state index in [2.05, 4.69) is 347 Å². The Morgan fingerprint density at radius 1 is 0.110 bits per heavy atom. The molecule has 15 aromatic carbocycles. The zero-order valence-electron chi connectivity index (χ0n) is 45.0. The molecule has 0 aliphatic heterocycles. The van der Waals surface area contributed by atoms with Crippen molar-refractivity contribution in [3.8, 4) is 0 Å². The zero-order valence-corrected chi connectivity index (χ0v) is 45.0. The smallest absolute Gasteiger partial charge is 0.0468 e. The fourth-order valence-corrected chi connectivity index (χ4v) is 12.4. The van der Waals surface area contributed by atoms with E-state index in [9.17, 15) is 0 Å². The van der Waals surface area contributed by atoms with Gasteiger partial charge in [0.05, 0.1) is 0 Å². The number of fused-ring (bicyclic) bond motifs is 12. The highest BCUT2D eigenvalue weighted by molar-refractivity contribution is 6.34. The molecule has 0 N–H and O–H groups in total. The fraction of sp³-hybridized carbons (Fsp3) is 0. The summed E-state index contributed by atoms with van der Waals surface area (Å²) in [6.45, 7) is 0. The van der Waals surface area contributed by atoms with E-state index in [-0.39, 0.29) is 0 Å². The van der Waals surface area contributed by atoms with E-state index in [0.717, 1.165) is 68.2 Å². The minimum absolute atomic E-state index is 1.08. The first-order chi connectivity index (χ1) is 40.7. The molecular formula is C78H54N4. The van der Waals surface area contributed by atoms with E-state index in [0.29, 0.717) is 0 Å². The van der Waals surface area contributed by atoms with Crippen LogP contribution in [0.5, 0.6) is 0 Å². The Hall–Kier alpha value is -10.9. The number of anilines is 12. The predicted octanol–water partition coefficient (Wildman–Crippen LogP) is 22.5. The van der Waals surface area contributed by atoms with Gasteiger partial charge in [-0.2, -0.15) is 0 Å². The van der Waals surface area contributed by atoms with Gasteiger partial charge in [-0.05, 0) is 222 Å². The van der Waals surface area contributed by atoms with Crippen LogP contribution in [-0.2, 0) is 0 Å². The van der Waals surface area contributed by atoms with Gasteiger partial charge in [-0.25, -0.2) is 0 Å². The molecule has 15 aromatic rings. The summed E-state index contributed by atoms with van der Waals surface area (Å²) in [5.41, 5.74) is 13.1. The Morgan fingerprint density at radius 3 is 0.439 bits per heavy atom. The summed E-state index contributed by atoms with van der Waals surface area (Å²) in [7, 11) is 0. The Bertz CT molecular complexity index is 4310. The summed E-state index contributed by atoms with van der Waals surface area (Å²) in [6, 6.07) is 119. The van der Waals surface area contributed by atoms with Gasteiger partial charge in [-0.15, -0.1) is 0 Å². The molecule has 0 heterocycles. The molecule has 0 amide bonds. The highest BCUT2D eigenvalue weighted by Crippen LogP contribution is 2.49. The van der Waals surface area contributed by atoms with Crippen LogP contribution in [0.2, 0.25) is 0 Å². The van der Waals surface area contributed by atoms with Crippen LogP contribution in [0.1, 0.15) is 0 Å². The fourth-order valence-electron chi connectivity index (χ4n) is 12.4. The third kappa shape index (κ3) is 8.58. The lowest BCUT2D eigenvalue weighted by molar-refractivity contribution is 1.29. The number of hydrogen-bond donors (Lipinski definition) is 0. The average molecular weight is 1050 g/mol. The first-order valence-electron chi connectivity index (χ1n) is 28.1. The van der Waals surface area contributed by atoms with Gasteiger partial charge >= 0.3 is 0 Å². The Kier molecular flexibility index (Phi) is 12.2. The molecule has 15 rings (SSSR count). The molecule has 0 aliphatic rings. The second-order valence-electron chi connectivity index (χ2n) is 20.9. The second-order valence-corrected chi connectivity index (χ2v) is 20.9. The summed E-state index contributed by atoms with van der Waals surface area (Å²) >= 11 is 0. The van der Waals surface area contributed by atoms with Crippen LogP contribution < -0.4 is 19.6 Å². The molecule has 0 fully saturated rings. The molecule has 0 atom stereocenters. The maximum atomic E-state index is 2.51. The molecule has 0 unspecified atom stereocenters. The minimum Gasteiger partial charge on any atom is -0.310 e. The normalized spacial score (nSPS) is 11.4. The molecule has 0 aliphatic carbocycles. The first-order valence-corrected chi connectivity index (χ1v) is 28.1. The van der Waals surface area contributed by atoms with E-state index in [1.165, 1.54) is 64.6 Å². The summed E-state index contributed by atoms with van der Waals surface area (Å²) in [6.07, 6.45) is 0. The van der Waals surface area contributed by atoms with Crippen molar-refractivity contribution >= 4 is 133 Å². The van der Waals surface area contributed by atoms with Crippen molar-refractivity contribution in [3.05, 3.63) is 328 Å². The van der Waals surface area contributed by atoms with E-state index in [1.807, 2.05) is 0 Å². The average Bonchev–Trinajstić information content (AvgIpc) is 2.83. The van der Waals surface area contributed by atoms with Gasteiger partial charge in [0.2, 0.25) is 0 Å². The Morgan fingerprint density at radius 2 is 0.256 bits per heavy atom. The lowest BCUT2D eigenvalue weighted by Gasteiger charge is -2.27. The summed E-state index contributed by atoms with van der Waals surface area (Å²) < 4.78 is 0. The monoisotopic (exact) mass is 1050 g/mol. The molecule has 4 heteroatoms. The van der Waals surface area contributed by atoms with Crippen molar-refractivity contribution in [1.82, 2.24) is 0 Å². The van der Waals surface area contributed by atoms with E-state index in [4.69, 9.17) is 0 Å². The van der Waals surface area contributed by atoms with Crippen molar-refractivity contribution in [2.45, 2.75) is 0 Å². The third-order valence-corrected chi connectivity index (χ3v) is 16.1. The predicted molar refractivity (Wildman–Crippen MR) is 350 cm³/mol. The van der Waals surface area contributed by atoms with Gasteiger partial charge in [0.15, 0.2) is 0 Å². The third-order valence-electron chi connectivity index (χ3n) is 16.1. The standard InChI is InChI=1S/C78H54N4/c1-9-25-55(26-10-1)79(56-27-11-2-12-28-56)63-43-47-69-71(49-63)67-45-41-65(81(59-33-17-5-18-34-59)60-35-19-6-20-36-60)51-73(67)77-54-76-70-48-44-64(80(57-29-13-3-14-30-57)58-31-15-4-16-32-58)50-72(70)68-46-42-66(52-74(68)78(76)53-75(69)77)82(61-37-21-7-22-38-61)62-39-23-8-24-40-62/h1-54H. The minimum atomic E-state index is 1.08. The van der Waals surface area contributed by atoms with Crippen LogP contribution in [0.25, 0.3) is 64.6 Å². The molecule has 0 aromatic heterocycles. The molecular weight excluding hydrogens is 993 g/mol. The number of hydrogen-bond acceptors (Lipinski definition) is 4. The first kappa shape index (κ1) is 48.2. The second kappa shape index (κ2) is 20.7. The van der Waals surface area contributed by atoms with E-state index >= 15 is 0 Å². The van der Waals surface area contributed by atoms with E-state index < -0.39 is 0 Å². The van der Waals surface area contributed by atoms with Gasteiger partial charge in [-0.1, -0.05) is 170 Å². The van der Waals surface area contributed by atoms with Crippen molar-refractivity contribution in [2.75, 3.05) is 19.6 Å². The van der Waals surface area contributed by atoms with Gasteiger partial charge < -0.3 is 19.6 Å². The van der Waals surface area contributed by atoms with Gasteiger partial charge in [0.1, 0.15) is 0 Å². The van der Waals surface area contributed by atoms with Crippen LogP contribution in [-0.4, -0.2) is 0 Å². The summed E-state index contributed by atoms with van der Waals surface area (Å²) in [5, 5.41) is 14.3. The van der Waals surface area contributed by atoms with Crippen LogP contribution >= 0.6 is 0 Å². The van der Waals surface area contributed by atoms with Crippen molar-refractivity contribution in [1.29, 1.82) is 0 Å². The van der Waals surface area contributed by atoms with Crippen LogP contribution in [0.15, 0.2) is 328 Å². The molecule has 0 radical (unpaired) electrons. The Labute approximate surface area is 477 Å². The topological polar surface area (TPSA) is 13.0 Å². The Balaban J connectivity index is 1.06. The molecule has 82 heavy (non-hydrogen) atoms. The van der Waals surface area contributed by atoms with Crippen LogP contribution in [0, 0.1) is 0 Å². The maximum Gasteiger partial charge on any atom is 0.0468 e. The summed E-state index contributed by atoms with van der Waals surface area (Å²) in [5.74, 6) is 0. The van der Waals surface area contributed by atoms with Gasteiger partial charge in [0.25, 0.3) is 0 Å². The largest absolute Gasteiger partial charge is 0.310 e. The zero-order chi connectivity index (χ0) is 54.3. The molecule has 0 spiro atoms. The number of nitrogens with zero attached hydrogens (tertiary/aromatic N) is 4. The quantitative estimate of drug-likeness (QED) is 0.0893. The number of para-hydroxylation sites is 8. The van der Waals surface area contributed by atoms with E-state index in [1.54, 1.807) is 0 Å². The molecule has 0 saturated heterocycles. The van der Waals surface area contributed by atoms with Crippen molar-refractivity contribution in [3.63, 3.8) is 0 Å². The van der Waals surface area contributed by atoms with Crippen molar-refractivity contribution < 1.29 is 0 Å². The van der Waals surface area contributed by atoms with Crippen LogP contribution in [0.3, 0.4) is 0 Å². The van der Waals surface area contributed by atoms with Gasteiger partial charge in [0, 0.05) is 68.2 Å². The van der Waals surface area contributed by atoms with Crippen molar-refractivity contribution in [2.24, 2.45) is 0 Å². The van der Waals surface area contributed by atoms with Gasteiger partial charge in [-0.3, -0.25) is 0 Å². The highest BCUT2D eigenvalue weighted by Gasteiger charge is 2.22. The number of rotatable bonds is 12. The summed E-state index contributed by atoms with van der Waals surface area (Å²) in [4.78, 5) is 9.49. The number of benzene rings is 15. The molecule has 0 bridgehead atoms. The molecule has 386 valence electrons.